The van der Waals surface area contributed by atoms with Crippen LogP contribution in [0.3, 0.4) is 0 Å². The molecule has 0 fully saturated rings. The summed E-state index contributed by atoms with van der Waals surface area (Å²) >= 11 is 0. The van der Waals surface area contributed by atoms with Crippen LogP contribution in [0.1, 0.15) is 22.3 Å². The van der Waals surface area contributed by atoms with Crippen molar-refractivity contribution in [3.05, 3.63) is 52.6 Å². The van der Waals surface area contributed by atoms with Gasteiger partial charge in [0, 0.05) is 5.69 Å². The van der Waals surface area contributed by atoms with Crippen LogP contribution in [0, 0.1) is 27.7 Å². The van der Waals surface area contributed by atoms with Crippen molar-refractivity contribution in [1.29, 1.82) is 0 Å². The SMILES string of the molecule is Cc1ccc(NS(=O)(=O)c2c(C)cc(N)cc2C)c(C)c1. The van der Waals surface area contributed by atoms with Crippen LogP contribution >= 0.6 is 0 Å². The molecule has 0 radical (unpaired) electrons. The third-order valence-corrected chi connectivity index (χ3v) is 5.05. The molecule has 0 saturated carbocycles. The minimum Gasteiger partial charge on any atom is -0.399 e. The van der Waals surface area contributed by atoms with E-state index in [0.717, 1.165) is 11.1 Å². The molecule has 2 aromatic carbocycles. The summed E-state index contributed by atoms with van der Waals surface area (Å²) in [5.74, 6) is 0. The number of nitrogens with two attached hydrogens (primary N) is 1. The average molecular weight is 304 g/mol. The molecule has 0 aliphatic carbocycles. The normalized spacial score (nSPS) is 11.4. The number of rotatable bonds is 3. The number of hydrogen-bond acceptors (Lipinski definition) is 3. The second-order valence-electron chi connectivity index (χ2n) is 5.41. The predicted octanol–water partition coefficient (Wildman–Crippen LogP) is 3.30. The molecule has 0 aliphatic rings. The minimum absolute atomic E-state index is 0.289. The van der Waals surface area contributed by atoms with Crippen LogP contribution in [0.5, 0.6) is 0 Å². The smallest absolute Gasteiger partial charge is 0.262 e. The molecule has 0 aromatic heterocycles. The van der Waals surface area contributed by atoms with Crippen LogP contribution in [0.15, 0.2) is 35.2 Å². The minimum atomic E-state index is -3.63. The molecule has 4 nitrogen and oxygen atoms in total. The van der Waals surface area contributed by atoms with Gasteiger partial charge in [-0.2, -0.15) is 0 Å². The zero-order chi connectivity index (χ0) is 15.8. The van der Waals surface area contributed by atoms with E-state index in [2.05, 4.69) is 4.72 Å². The number of anilines is 2. The number of aryl methyl sites for hydroxylation is 4. The molecule has 0 aliphatic heterocycles. The van der Waals surface area contributed by atoms with Crippen LogP contribution < -0.4 is 10.5 Å². The van der Waals surface area contributed by atoms with E-state index in [9.17, 15) is 8.42 Å². The van der Waals surface area contributed by atoms with Crippen LogP contribution in [0.2, 0.25) is 0 Å². The Kier molecular flexibility index (Phi) is 3.96. The lowest BCUT2D eigenvalue weighted by Crippen LogP contribution is -2.16. The van der Waals surface area contributed by atoms with Gasteiger partial charge in [-0.1, -0.05) is 17.7 Å². The molecule has 3 N–H and O–H groups in total. The Morgan fingerprint density at radius 2 is 1.48 bits per heavy atom. The van der Waals surface area contributed by atoms with Gasteiger partial charge in [-0.3, -0.25) is 4.72 Å². The summed E-state index contributed by atoms with van der Waals surface area (Å²) in [5, 5.41) is 0. The summed E-state index contributed by atoms with van der Waals surface area (Å²) in [6, 6.07) is 8.95. The van der Waals surface area contributed by atoms with Gasteiger partial charge >= 0.3 is 0 Å². The van der Waals surface area contributed by atoms with Crippen molar-refractivity contribution in [2.45, 2.75) is 32.6 Å². The molecule has 0 unspecified atom stereocenters. The molecule has 0 atom stereocenters. The zero-order valence-electron chi connectivity index (χ0n) is 12.7. The molecule has 2 rings (SSSR count). The standard InChI is InChI=1S/C16H20N2O2S/c1-10-5-6-15(11(2)7-10)18-21(19,20)16-12(3)8-14(17)9-13(16)4/h5-9,18H,17H2,1-4H3. The van der Waals surface area contributed by atoms with Gasteiger partial charge in [0.2, 0.25) is 0 Å². The third kappa shape index (κ3) is 3.19. The van der Waals surface area contributed by atoms with Gasteiger partial charge < -0.3 is 5.73 Å². The van der Waals surface area contributed by atoms with E-state index in [1.54, 1.807) is 32.0 Å². The lowest BCUT2D eigenvalue weighted by Gasteiger charge is -2.15. The Labute approximate surface area is 126 Å². The van der Waals surface area contributed by atoms with E-state index in [4.69, 9.17) is 5.73 Å². The molecular weight excluding hydrogens is 284 g/mol. The Hall–Kier alpha value is -2.01. The molecule has 2 aromatic rings. The highest BCUT2D eigenvalue weighted by atomic mass is 32.2. The fraction of sp³-hybridized carbons (Fsp3) is 0.250. The molecule has 0 saturated heterocycles. The van der Waals surface area contributed by atoms with Gasteiger partial charge in [-0.05, 0) is 62.6 Å². The van der Waals surface area contributed by atoms with Gasteiger partial charge in [-0.25, -0.2) is 8.42 Å². The predicted molar refractivity (Wildman–Crippen MR) is 87.1 cm³/mol. The highest BCUT2D eigenvalue weighted by Gasteiger charge is 2.20. The molecule has 0 bridgehead atoms. The highest BCUT2D eigenvalue weighted by Crippen LogP contribution is 2.26. The summed E-state index contributed by atoms with van der Waals surface area (Å²) in [4.78, 5) is 0.289. The van der Waals surface area contributed by atoms with E-state index < -0.39 is 10.0 Å². The van der Waals surface area contributed by atoms with Crippen LogP contribution in [0.25, 0.3) is 0 Å². The Morgan fingerprint density at radius 1 is 0.905 bits per heavy atom. The van der Waals surface area contributed by atoms with E-state index in [1.165, 1.54) is 0 Å². The van der Waals surface area contributed by atoms with Crippen molar-refractivity contribution in [2.75, 3.05) is 10.5 Å². The van der Waals surface area contributed by atoms with Crippen molar-refractivity contribution in [2.24, 2.45) is 0 Å². The summed E-state index contributed by atoms with van der Waals surface area (Å²) in [6.45, 7) is 7.35. The summed E-state index contributed by atoms with van der Waals surface area (Å²) < 4.78 is 27.9. The fourth-order valence-corrected chi connectivity index (χ4v) is 4.12. The van der Waals surface area contributed by atoms with Gasteiger partial charge in [0.1, 0.15) is 0 Å². The summed E-state index contributed by atoms with van der Waals surface area (Å²) in [5.41, 5.74) is 10.2. The fourth-order valence-electron chi connectivity index (χ4n) is 2.53. The van der Waals surface area contributed by atoms with Crippen LogP contribution in [0.4, 0.5) is 11.4 Å². The van der Waals surface area contributed by atoms with Gasteiger partial charge in [0.05, 0.1) is 10.6 Å². The van der Waals surface area contributed by atoms with Crippen molar-refractivity contribution < 1.29 is 8.42 Å². The summed E-state index contributed by atoms with van der Waals surface area (Å²) in [7, 11) is -3.63. The number of hydrogen-bond donors (Lipinski definition) is 2. The first kappa shape index (κ1) is 15.4. The Bertz CT molecular complexity index is 773. The first-order valence-electron chi connectivity index (χ1n) is 6.67. The second-order valence-corrected chi connectivity index (χ2v) is 7.03. The van der Waals surface area contributed by atoms with Gasteiger partial charge in [0.15, 0.2) is 0 Å². The zero-order valence-corrected chi connectivity index (χ0v) is 13.5. The number of nitrogens with one attached hydrogen (secondary N) is 1. The van der Waals surface area contributed by atoms with E-state index in [0.29, 0.717) is 22.5 Å². The second kappa shape index (κ2) is 5.41. The lowest BCUT2D eigenvalue weighted by atomic mass is 10.1. The number of sulfonamides is 1. The molecule has 0 heterocycles. The van der Waals surface area contributed by atoms with Crippen molar-refractivity contribution in [3.8, 4) is 0 Å². The topological polar surface area (TPSA) is 72.2 Å². The summed E-state index contributed by atoms with van der Waals surface area (Å²) in [6.07, 6.45) is 0. The lowest BCUT2D eigenvalue weighted by molar-refractivity contribution is 0.600. The first-order chi connectivity index (χ1) is 9.70. The maximum Gasteiger partial charge on any atom is 0.262 e. The monoisotopic (exact) mass is 304 g/mol. The Morgan fingerprint density at radius 3 is 2.00 bits per heavy atom. The third-order valence-electron chi connectivity index (χ3n) is 3.38. The van der Waals surface area contributed by atoms with Crippen LogP contribution in [-0.2, 0) is 10.0 Å². The van der Waals surface area contributed by atoms with Crippen LogP contribution in [-0.4, -0.2) is 8.42 Å². The van der Waals surface area contributed by atoms with Crippen molar-refractivity contribution in [1.82, 2.24) is 0 Å². The molecule has 21 heavy (non-hydrogen) atoms. The average Bonchev–Trinajstić information content (AvgIpc) is 2.30. The molecule has 0 amide bonds. The van der Waals surface area contributed by atoms with E-state index in [1.807, 2.05) is 26.0 Å². The van der Waals surface area contributed by atoms with E-state index in [-0.39, 0.29) is 4.90 Å². The highest BCUT2D eigenvalue weighted by molar-refractivity contribution is 7.92. The van der Waals surface area contributed by atoms with Gasteiger partial charge in [0.25, 0.3) is 10.0 Å². The maximum atomic E-state index is 12.6. The Balaban J connectivity index is 2.48. The molecule has 112 valence electrons. The van der Waals surface area contributed by atoms with Crippen molar-refractivity contribution in [3.63, 3.8) is 0 Å². The quantitative estimate of drug-likeness (QED) is 0.855. The molecule has 0 spiro atoms. The molecule has 5 heteroatoms. The number of benzene rings is 2. The number of nitrogen functional groups attached to an aromatic ring is 1. The van der Waals surface area contributed by atoms with Crippen molar-refractivity contribution >= 4 is 21.4 Å². The maximum absolute atomic E-state index is 12.6. The van der Waals surface area contributed by atoms with Gasteiger partial charge in [-0.15, -0.1) is 0 Å². The first-order valence-corrected chi connectivity index (χ1v) is 8.16. The van der Waals surface area contributed by atoms with E-state index >= 15 is 0 Å². The largest absolute Gasteiger partial charge is 0.399 e. The molecular formula is C16H20N2O2S.